The van der Waals surface area contributed by atoms with Gasteiger partial charge in [-0.05, 0) is 24.3 Å². The molecule has 0 amide bonds. The number of aromatic nitrogens is 1. The lowest BCUT2D eigenvalue weighted by molar-refractivity contribution is 0.0877. The van der Waals surface area contributed by atoms with Gasteiger partial charge in [0.15, 0.2) is 5.58 Å². The minimum atomic E-state index is -0.717. The van der Waals surface area contributed by atoms with Gasteiger partial charge in [0.2, 0.25) is 5.91 Å². The Balaban J connectivity index is 1.75. The summed E-state index contributed by atoms with van der Waals surface area (Å²) in [4.78, 5) is 24.0. The maximum absolute atomic E-state index is 12.2. The number of fused-ring (bicyclic) bond motifs is 1. The van der Waals surface area contributed by atoms with Crippen molar-refractivity contribution >= 4 is 22.7 Å². The van der Waals surface area contributed by atoms with Gasteiger partial charge in [-0.25, -0.2) is 9.36 Å². The van der Waals surface area contributed by atoms with Gasteiger partial charge >= 0.3 is 5.76 Å². The zero-order valence-electron chi connectivity index (χ0n) is 11.7. The van der Waals surface area contributed by atoms with Crippen molar-refractivity contribution in [3.63, 3.8) is 0 Å². The molecule has 0 radical (unpaired) electrons. The quantitative estimate of drug-likeness (QED) is 0.747. The van der Waals surface area contributed by atoms with Crippen LogP contribution < -0.4 is 16.2 Å². The fourth-order valence-corrected chi connectivity index (χ4v) is 2.16. The summed E-state index contributed by atoms with van der Waals surface area (Å²) < 4.78 is 11.5. The number of nitrogen functional groups attached to an aromatic ring is 1. The van der Waals surface area contributed by atoms with Gasteiger partial charge in [-0.2, -0.15) is 0 Å². The van der Waals surface area contributed by atoms with Crippen molar-refractivity contribution in [1.82, 2.24) is 4.57 Å². The lowest BCUT2D eigenvalue weighted by Gasteiger charge is -2.05. The van der Waals surface area contributed by atoms with Crippen molar-refractivity contribution in [2.45, 2.75) is 6.42 Å². The van der Waals surface area contributed by atoms with E-state index in [1.165, 1.54) is 6.07 Å². The first-order valence-corrected chi connectivity index (χ1v) is 6.77. The first kappa shape index (κ1) is 13.9. The number of nitrogens with zero attached hydrogens (tertiary/aromatic N) is 1. The Bertz CT molecular complexity index is 865. The molecule has 0 bridgehead atoms. The van der Waals surface area contributed by atoms with Crippen LogP contribution in [0.3, 0.4) is 0 Å². The molecular weight excluding hydrogens is 284 g/mol. The SMILES string of the molecule is Nc1ccc2c(c1)oc(=O)n2C(=O)CCOc1ccccc1. The van der Waals surface area contributed by atoms with Crippen LogP contribution in [0.5, 0.6) is 5.75 Å². The van der Waals surface area contributed by atoms with Crippen molar-refractivity contribution in [2.75, 3.05) is 12.3 Å². The first-order chi connectivity index (χ1) is 10.6. The van der Waals surface area contributed by atoms with Crippen LogP contribution in [-0.4, -0.2) is 17.1 Å². The predicted octanol–water partition coefficient (Wildman–Crippen LogP) is 2.29. The van der Waals surface area contributed by atoms with E-state index in [9.17, 15) is 9.59 Å². The average Bonchev–Trinajstić information content (AvgIpc) is 2.83. The molecule has 112 valence electrons. The summed E-state index contributed by atoms with van der Waals surface area (Å²) in [6, 6.07) is 13.9. The molecule has 3 aromatic rings. The van der Waals surface area contributed by atoms with Crippen molar-refractivity contribution in [1.29, 1.82) is 0 Å². The molecule has 3 rings (SSSR count). The number of benzene rings is 2. The minimum absolute atomic E-state index is 0.0633. The largest absolute Gasteiger partial charge is 0.493 e. The maximum atomic E-state index is 12.2. The van der Waals surface area contributed by atoms with E-state index in [1.54, 1.807) is 24.3 Å². The van der Waals surface area contributed by atoms with Gasteiger partial charge in [0.25, 0.3) is 0 Å². The van der Waals surface area contributed by atoms with E-state index in [0.717, 1.165) is 4.57 Å². The number of ether oxygens (including phenoxy) is 1. The zero-order valence-corrected chi connectivity index (χ0v) is 11.7. The normalized spacial score (nSPS) is 10.7. The molecule has 0 unspecified atom stereocenters. The topological polar surface area (TPSA) is 87.5 Å². The minimum Gasteiger partial charge on any atom is -0.493 e. The fourth-order valence-electron chi connectivity index (χ4n) is 2.16. The van der Waals surface area contributed by atoms with Crippen molar-refractivity contribution in [2.24, 2.45) is 0 Å². The van der Waals surface area contributed by atoms with Crippen LogP contribution in [0, 0.1) is 0 Å². The van der Waals surface area contributed by atoms with Gasteiger partial charge in [0.05, 0.1) is 18.5 Å². The summed E-state index contributed by atoms with van der Waals surface area (Å²) in [5.74, 6) is -0.428. The molecule has 0 atom stereocenters. The number of carbonyl (C=O) groups excluding carboxylic acids is 1. The molecule has 0 aliphatic rings. The van der Waals surface area contributed by atoms with Crippen LogP contribution in [0.25, 0.3) is 11.1 Å². The van der Waals surface area contributed by atoms with Crippen LogP contribution in [0.1, 0.15) is 11.2 Å². The molecular formula is C16H14N2O4. The Morgan fingerprint density at radius 2 is 1.95 bits per heavy atom. The molecule has 1 aromatic heterocycles. The number of carbonyl (C=O) groups is 1. The molecule has 2 N–H and O–H groups in total. The summed E-state index contributed by atoms with van der Waals surface area (Å²) in [7, 11) is 0. The van der Waals surface area contributed by atoms with Crippen LogP contribution in [0.15, 0.2) is 57.7 Å². The third-order valence-corrected chi connectivity index (χ3v) is 3.18. The number of nitrogens with two attached hydrogens (primary N) is 1. The Morgan fingerprint density at radius 3 is 2.73 bits per heavy atom. The van der Waals surface area contributed by atoms with Crippen LogP contribution in [-0.2, 0) is 0 Å². The molecule has 2 aromatic carbocycles. The van der Waals surface area contributed by atoms with Crippen molar-refractivity contribution < 1.29 is 13.9 Å². The summed E-state index contributed by atoms with van der Waals surface area (Å²) in [5.41, 5.74) is 6.79. The van der Waals surface area contributed by atoms with Crippen LogP contribution in [0.2, 0.25) is 0 Å². The Kier molecular flexibility index (Phi) is 3.65. The molecule has 0 spiro atoms. The average molecular weight is 298 g/mol. The molecule has 22 heavy (non-hydrogen) atoms. The lowest BCUT2D eigenvalue weighted by Crippen LogP contribution is -2.23. The fraction of sp³-hybridized carbons (Fsp3) is 0.125. The monoisotopic (exact) mass is 298 g/mol. The second-order valence-electron chi connectivity index (χ2n) is 4.74. The van der Waals surface area contributed by atoms with E-state index in [0.29, 0.717) is 22.5 Å². The third-order valence-electron chi connectivity index (χ3n) is 3.18. The maximum Gasteiger partial charge on any atom is 0.426 e. The second kappa shape index (κ2) is 5.77. The molecule has 0 aliphatic heterocycles. The van der Waals surface area contributed by atoms with Crippen molar-refractivity contribution in [3.8, 4) is 5.75 Å². The van der Waals surface area contributed by atoms with E-state index < -0.39 is 5.76 Å². The highest BCUT2D eigenvalue weighted by molar-refractivity contribution is 5.90. The number of hydrogen-bond donors (Lipinski definition) is 1. The number of para-hydroxylation sites is 1. The van der Waals surface area contributed by atoms with Gasteiger partial charge in [0, 0.05) is 11.8 Å². The van der Waals surface area contributed by atoms with Gasteiger partial charge in [-0.1, -0.05) is 18.2 Å². The van der Waals surface area contributed by atoms with E-state index in [-0.39, 0.29) is 18.9 Å². The highest BCUT2D eigenvalue weighted by atomic mass is 16.5. The Labute approximate surface area is 125 Å². The van der Waals surface area contributed by atoms with Crippen LogP contribution >= 0.6 is 0 Å². The van der Waals surface area contributed by atoms with E-state index in [4.69, 9.17) is 14.9 Å². The van der Waals surface area contributed by atoms with Gasteiger partial charge in [-0.15, -0.1) is 0 Å². The third kappa shape index (κ3) is 2.71. The second-order valence-corrected chi connectivity index (χ2v) is 4.74. The number of anilines is 1. The summed E-state index contributed by atoms with van der Waals surface area (Å²) in [6.45, 7) is 0.178. The molecule has 6 heteroatoms. The van der Waals surface area contributed by atoms with Gasteiger partial charge < -0.3 is 14.9 Å². The van der Waals surface area contributed by atoms with E-state index in [2.05, 4.69) is 0 Å². The predicted molar refractivity (Wildman–Crippen MR) is 82.1 cm³/mol. The van der Waals surface area contributed by atoms with Gasteiger partial charge in [0.1, 0.15) is 5.75 Å². The lowest BCUT2D eigenvalue weighted by atomic mass is 10.3. The molecule has 1 heterocycles. The molecule has 0 fully saturated rings. The molecule has 0 aliphatic carbocycles. The summed E-state index contributed by atoms with van der Waals surface area (Å²) in [6.07, 6.45) is 0.0633. The standard InChI is InChI=1S/C16H14N2O4/c17-11-6-7-13-14(10-11)22-16(20)18(13)15(19)8-9-21-12-4-2-1-3-5-12/h1-7,10H,8-9,17H2. The smallest absolute Gasteiger partial charge is 0.426 e. The summed E-state index contributed by atoms with van der Waals surface area (Å²) >= 11 is 0. The number of hydrogen-bond acceptors (Lipinski definition) is 5. The Hall–Kier alpha value is -3.02. The molecule has 0 saturated carbocycles. The van der Waals surface area contributed by atoms with E-state index >= 15 is 0 Å². The number of rotatable bonds is 4. The molecule has 6 nitrogen and oxygen atoms in total. The first-order valence-electron chi connectivity index (χ1n) is 6.77. The zero-order chi connectivity index (χ0) is 15.5. The highest BCUT2D eigenvalue weighted by Crippen LogP contribution is 2.16. The molecule has 0 saturated heterocycles. The number of oxazole rings is 1. The summed E-state index contributed by atoms with van der Waals surface area (Å²) in [5, 5.41) is 0. The van der Waals surface area contributed by atoms with E-state index in [1.807, 2.05) is 18.2 Å². The highest BCUT2D eigenvalue weighted by Gasteiger charge is 2.16. The Morgan fingerprint density at radius 1 is 1.18 bits per heavy atom. The van der Waals surface area contributed by atoms with Crippen molar-refractivity contribution in [3.05, 3.63) is 59.1 Å². The van der Waals surface area contributed by atoms with Crippen LogP contribution in [0.4, 0.5) is 5.69 Å². The van der Waals surface area contributed by atoms with Gasteiger partial charge in [-0.3, -0.25) is 4.79 Å².